The molecule has 0 unspecified atom stereocenters. The number of aliphatic hydroxyl groups is 3. The summed E-state index contributed by atoms with van der Waals surface area (Å²) < 4.78 is 5.80. The summed E-state index contributed by atoms with van der Waals surface area (Å²) in [6.07, 6.45) is 9.11. The Morgan fingerprint density at radius 2 is 1.76 bits per heavy atom. The molecule has 0 radical (unpaired) electrons. The molecular weight excluding hydrogens is 428 g/mol. The summed E-state index contributed by atoms with van der Waals surface area (Å²) in [7, 11) is 0. The second-order valence-electron chi connectivity index (χ2n) is 13.4. The Morgan fingerprint density at radius 1 is 1.03 bits per heavy atom. The Hall–Kier alpha value is -0.650. The number of hydrogen-bond acceptors (Lipinski definition) is 5. The Morgan fingerprint density at radius 3 is 2.44 bits per heavy atom. The van der Waals surface area contributed by atoms with E-state index in [1.165, 1.54) is 32.6 Å². The van der Waals surface area contributed by atoms with Crippen LogP contribution in [0.3, 0.4) is 0 Å². The van der Waals surface area contributed by atoms with Crippen LogP contribution < -0.4 is 0 Å². The molecule has 0 bridgehead atoms. The number of ether oxygens (including phenoxy) is 1. The first-order valence-corrected chi connectivity index (χ1v) is 14.2. The minimum absolute atomic E-state index is 0.0101. The van der Waals surface area contributed by atoms with Crippen LogP contribution in [-0.4, -0.2) is 45.7 Å². The molecular formula is C29H50O5. The zero-order chi connectivity index (χ0) is 24.9. The fraction of sp³-hybridized carbons (Fsp3) is 0.966. The van der Waals surface area contributed by atoms with Crippen LogP contribution in [0.4, 0.5) is 0 Å². The van der Waals surface area contributed by atoms with Crippen molar-refractivity contribution in [3.63, 3.8) is 0 Å². The molecule has 5 nitrogen and oxygen atoms in total. The standard InChI is InChI=1S/C29H50O5/c1-18(2)7-6-8-19(3)23-9-10-25-22-15-26(32)29(33)16-21(31)11-13-27(29,5)24(22)12-14-28(23,25)17-34-20(4)30/h18-19,21-26,31-33H,6-17H2,1-5H3/t19-,21+,22-,23-,24+,25+,26-,27-,28+,29+/m1/s1. The molecule has 0 aromatic heterocycles. The number of rotatable bonds is 7. The number of hydrogen-bond donors (Lipinski definition) is 3. The first kappa shape index (κ1) is 26.4. The van der Waals surface area contributed by atoms with Crippen LogP contribution in [0.2, 0.25) is 0 Å². The Bertz CT molecular complexity index is 738. The molecule has 0 aromatic carbocycles. The lowest BCUT2D eigenvalue weighted by atomic mass is 9.42. The number of aliphatic hydroxyl groups excluding tert-OH is 2. The maximum atomic E-state index is 11.9. The molecule has 0 saturated heterocycles. The SMILES string of the molecule is CC(=O)OC[C@]12CC[C@H]3[C@@H](C[C@@H](O)[C@@]4(O)C[C@@H](O)CC[C@]34C)[C@@H]1CC[C@@H]2[C@H](C)CCCC(C)C. The zero-order valence-corrected chi connectivity index (χ0v) is 22.3. The molecule has 4 rings (SSSR count). The van der Waals surface area contributed by atoms with Crippen LogP contribution in [0.1, 0.15) is 105 Å². The highest BCUT2D eigenvalue weighted by atomic mass is 16.5. The van der Waals surface area contributed by atoms with Crippen molar-refractivity contribution in [1.29, 1.82) is 0 Å². The summed E-state index contributed by atoms with van der Waals surface area (Å²) >= 11 is 0. The summed E-state index contributed by atoms with van der Waals surface area (Å²) in [5.41, 5.74) is -1.59. The van der Waals surface area contributed by atoms with Gasteiger partial charge in [-0.05, 0) is 80.5 Å². The van der Waals surface area contributed by atoms with Crippen LogP contribution in [0.5, 0.6) is 0 Å². The lowest BCUT2D eigenvalue weighted by Crippen LogP contribution is -2.69. The Labute approximate surface area is 207 Å². The van der Waals surface area contributed by atoms with E-state index in [0.717, 1.165) is 31.6 Å². The predicted octanol–water partition coefficient (Wildman–Crippen LogP) is 5.10. The van der Waals surface area contributed by atoms with Crippen molar-refractivity contribution < 1.29 is 24.9 Å². The van der Waals surface area contributed by atoms with Crippen LogP contribution in [0.15, 0.2) is 0 Å². The molecule has 4 fully saturated rings. The van der Waals surface area contributed by atoms with Crippen molar-refractivity contribution in [2.24, 2.45) is 46.3 Å². The molecule has 10 atom stereocenters. The van der Waals surface area contributed by atoms with E-state index < -0.39 is 17.8 Å². The smallest absolute Gasteiger partial charge is 0.302 e. The van der Waals surface area contributed by atoms with Crippen molar-refractivity contribution >= 4 is 5.97 Å². The van der Waals surface area contributed by atoms with E-state index in [-0.39, 0.29) is 23.2 Å². The molecule has 196 valence electrons. The lowest BCUT2D eigenvalue weighted by molar-refractivity contribution is -0.267. The van der Waals surface area contributed by atoms with Crippen LogP contribution in [0, 0.1) is 46.3 Å². The summed E-state index contributed by atoms with van der Waals surface area (Å²) in [5, 5.41) is 33.4. The highest BCUT2D eigenvalue weighted by molar-refractivity contribution is 5.65. The van der Waals surface area contributed by atoms with Gasteiger partial charge in [-0.25, -0.2) is 0 Å². The number of carbonyl (C=O) groups excluding carboxylic acids is 1. The van der Waals surface area contributed by atoms with Crippen molar-refractivity contribution in [2.45, 2.75) is 123 Å². The molecule has 0 amide bonds. The van der Waals surface area contributed by atoms with Crippen molar-refractivity contribution in [1.82, 2.24) is 0 Å². The largest absolute Gasteiger partial charge is 0.465 e. The van der Waals surface area contributed by atoms with Gasteiger partial charge in [0, 0.05) is 24.2 Å². The fourth-order valence-corrected chi connectivity index (χ4v) is 9.53. The molecule has 4 aliphatic rings. The van der Waals surface area contributed by atoms with Gasteiger partial charge in [0.1, 0.15) is 0 Å². The number of fused-ring (bicyclic) bond motifs is 5. The van der Waals surface area contributed by atoms with Gasteiger partial charge in [0.05, 0.1) is 24.4 Å². The molecule has 34 heavy (non-hydrogen) atoms. The van der Waals surface area contributed by atoms with Crippen molar-refractivity contribution in [3.05, 3.63) is 0 Å². The van der Waals surface area contributed by atoms with Crippen molar-refractivity contribution in [2.75, 3.05) is 6.61 Å². The third kappa shape index (κ3) is 4.26. The monoisotopic (exact) mass is 478 g/mol. The third-order valence-corrected chi connectivity index (χ3v) is 11.3. The molecule has 0 spiro atoms. The van der Waals surface area contributed by atoms with Gasteiger partial charge < -0.3 is 20.1 Å². The summed E-state index contributed by atoms with van der Waals surface area (Å²) in [5.74, 6) is 2.79. The van der Waals surface area contributed by atoms with Gasteiger partial charge in [-0.3, -0.25) is 4.79 Å². The Kier molecular flexibility index (Phi) is 7.51. The summed E-state index contributed by atoms with van der Waals surface area (Å²) in [6, 6.07) is 0. The highest BCUT2D eigenvalue weighted by Crippen LogP contribution is 2.69. The zero-order valence-electron chi connectivity index (χ0n) is 22.3. The molecule has 3 N–H and O–H groups in total. The maximum absolute atomic E-state index is 11.9. The topological polar surface area (TPSA) is 87.0 Å². The molecule has 0 aliphatic heterocycles. The van der Waals surface area contributed by atoms with E-state index >= 15 is 0 Å². The van der Waals surface area contributed by atoms with Gasteiger partial charge in [-0.2, -0.15) is 0 Å². The minimum atomic E-state index is -1.20. The van der Waals surface area contributed by atoms with E-state index in [1.54, 1.807) is 0 Å². The van der Waals surface area contributed by atoms with Crippen LogP contribution in [-0.2, 0) is 9.53 Å². The lowest BCUT2D eigenvalue weighted by Gasteiger charge is -2.65. The van der Waals surface area contributed by atoms with Gasteiger partial charge in [-0.1, -0.05) is 47.0 Å². The van der Waals surface area contributed by atoms with E-state index in [2.05, 4.69) is 27.7 Å². The van der Waals surface area contributed by atoms with Gasteiger partial charge in [0.2, 0.25) is 0 Å². The van der Waals surface area contributed by atoms with E-state index in [9.17, 15) is 20.1 Å². The van der Waals surface area contributed by atoms with Gasteiger partial charge in [0.25, 0.3) is 0 Å². The van der Waals surface area contributed by atoms with E-state index in [0.29, 0.717) is 49.0 Å². The minimum Gasteiger partial charge on any atom is -0.465 e. The predicted molar refractivity (Wildman–Crippen MR) is 133 cm³/mol. The van der Waals surface area contributed by atoms with Gasteiger partial charge in [0.15, 0.2) is 0 Å². The summed E-state index contributed by atoms with van der Waals surface area (Å²) in [4.78, 5) is 11.9. The van der Waals surface area contributed by atoms with E-state index in [4.69, 9.17) is 4.74 Å². The van der Waals surface area contributed by atoms with Gasteiger partial charge >= 0.3 is 5.97 Å². The quantitative estimate of drug-likeness (QED) is 0.443. The molecule has 4 aliphatic carbocycles. The average Bonchev–Trinajstić information content (AvgIpc) is 3.14. The number of carbonyl (C=O) groups is 1. The second kappa shape index (κ2) is 9.67. The summed E-state index contributed by atoms with van der Waals surface area (Å²) in [6.45, 7) is 11.2. The maximum Gasteiger partial charge on any atom is 0.302 e. The van der Waals surface area contributed by atoms with Gasteiger partial charge in [-0.15, -0.1) is 0 Å². The average molecular weight is 479 g/mol. The molecule has 0 aromatic rings. The van der Waals surface area contributed by atoms with Crippen molar-refractivity contribution in [3.8, 4) is 0 Å². The second-order valence-corrected chi connectivity index (χ2v) is 13.4. The molecule has 4 saturated carbocycles. The Balaban J connectivity index is 1.61. The number of esters is 1. The molecule has 0 heterocycles. The highest BCUT2D eigenvalue weighted by Gasteiger charge is 2.68. The first-order chi connectivity index (χ1) is 15.9. The fourth-order valence-electron chi connectivity index (χ4n) is 9.53. The van der Waals surface area contributed by atoms with E-state index in [1.807, 2.05) is 0 Å². The van der Waals surface area contributed by atoms with Crippen LogP contribution >= 0.6 is 0 Å². The van der Waals surface area contributed by atoms with Crippen LogP contribution in [0.25, 0.3) is 0 Å². The third-order valence-electron chi connectivity index (χ3n) is 11.3. The normalized spacial score (nSPS) is 47.0. The molecule has 5 heteroatoms. The first-order valence-electron chi connectivity index (χ1n) is 14.2.